The third kappa shape index (κ3) is 5.18. The molecule has 2 N–H and O–H groups in total. The number of nitriles is 1. The van der Waals surface area contributed by atoms with E-state index in [4.69, 9.17) is 5.26 Å². The Kier molecular flexibility index (Phi) is 6.45. The van der Waals surface area contributed by atoms with Crippen molar-refractivity contribution in [2.24, 2.45) is 0 Å². The third-order valence-electron chi connectivity index (χ3n) is 4.01. The van der Waals surface area contributed by atoms with Crippen LogP contribution in [-0.2, 0) is 0 Å². The van der Waals surface area contributed by atoms with Crippen molar-refractivity contribution in [3.63, 3.8) is 0 Å². The van der Waals surface area contributed by atoms with Gasteiger partial charge in [0.1, 0.15) is 5.82 Å². The summed E-state index contributed by atoms with van der Waals surface area (Å²) < 4.78 is 0.897. The molecule has 0 spiro atoms. The molecule has 0 aliphatic carbocycles. The van der Waals surface area contributed by atoms with E-state index in [2.05, 4.69) is 84.5 Å². The number of aromatic nitrogens is 2. The van der Waals surface area contributed by atoms with Gasteiger partial charge in [0.05, 0.1) is 15.0 Å². The van der Waals surface area contributed by atoms with Crippen LogP contribution in [0.3, 0.4) is 0 Å². The zero-order valence-corrected chi connectivity index (χ0v) is 18.5. The van der Waals surface area contributed by atoms with E-state index in [1.807, 2.05) is 24.3 Å². The molecular formula is C21H17Br2N5. The van der Waals surface area contributed by atoms with Crippen molar-refractivity contribution in [3.8, 4) is 6.07 Å². The van der Waals surface area contributed by atoms with Crippen LogP contribution < -0.4 is 10.6 Å². The number of aryl methyl sites for hydroxylation is 2. The minimum atomic E-state index is 0.479. The molecule has 0 saturated carbocycles. The summed E-state index contributed by atoms with van der Waals surface area (Å²) in [4.78, 5) is 8.80. The second kappa shape index (κ2) is 9.00. The van der Waals surface area contributed by atoms with Gasteiger partial charge in [-0.15, -0.1) is 0 Å². The zero-order valence-electron chi connectivity index (χ0n) is 15.3. The molecule has 7 heteroatoms. The quantitative estimate of drug-likeness (QED) is 0.417. The fourth-order valence-corrected chi connectivity index (χ4v) is 3.31. The van der Waals surface area contributed by atoms with Crippen molar-refractivity contribution in [3.05, 3.63) is 74.3 Å². The Balaban J connectivity index is 1.81. The van der Waals surface area contributed by atoms with Crippen molar-refractivity contribution in [1.82, 2.24) is 9.97 Å². The lowest BCUT2D eigenvalue weighted by Gasteiger charge is -2.14. The van der Waals surface area contributed by atoms with Gasteiger partial charge >= 0.3 is 0 Å². The largest absolute Gasteiger partial charge is 0.340 e. The van der Waals surface area contributed by atoms with Crippen LogP contribution in [-0.4, -0.2) is 9.97 Å². The number of benzene rings is 2. The van der Waals surface area contributed by atoms with Crippen molar-refractivity contribution < 1.29 is 0 Å². The van der Waals surface area contributed by atoms with Gasteiger partial charge in [0, 0.05) is 17.6 Å². The zero-order chi connectivity index (χ0) is 20.1. The number of halogens is 2. The molecule has 1 heterocycles. The van der Waals surface area contributed by atoms with Gasteiger partial charge in [-0.05, 0) is 111 Å². The minimum absolute atomic E-state index is 0.479. The predicted molar refractivity (Wildman–Crippen MR) is 122 cm³/mol. The molecule has 2 aromatic carbocycles. The van der Waals surface area contributed by atoms with Gasteiger partial charge in [-0.2, -0.15) is 10.2 Å². The first-order valence-corrected chi connectivity index (χ1v) is 10.0. The normalized spacial score (nSPS) is 10.1. The van der Waals surface area contributed by atoms with Gasteiger partial charge in [0.2, 0.25) is 5.95 Å². The summed E-state index contributed by atoms with van der Waals surface area (Å²) in [5.74, 6) is 1.18. The van der Waals surface area contributed by atoms with E-state index in [0.29, 0.717) is 17.3 Å². The summed E-state index contributed by atoms with van der Waals surface area (Å²) in [6.07, 6.45) is 3.71. The second-order valence-electron chi connectivity index (χ2n) is 6.17. The Hall–Kier alpha value is -2.69. The van der Waals surface area contributed by atoms with E-state index in [1.54, 1.807) is 18.3 Å². The number of rotatable bonds is 5. The summed E-state index contributed by atoms with van der Waals surface area (Å²) in [5.41, 5.74) is 5.79. The summed E-state index contributed by atoms with van der Waals surface area (Å²) in [6, 6.07) is 15.3. The van der Waals surface area contributed by atoms with E-state index in [9.17, 15) is 0 Å². The van der Waals surface area contributed by atoms with Gasteiger partial charge in [-0.3, -0.25) is 0 Å². The second-order valence-corrected chi connectivity index (χ2v) is 8.94. The standard InChI is InChI=1S/C21H17Br2N5/c1-13-9-16(11-18(22)23)10-14(2)20(13)27-19-7-8-25-21(28-19)26-17-5-3-15(12-24)4-6-17/h3-11H,1-2H3,(H2,25,26,27,28). The Morgan fingerprint density at radius 1 is 1.04 bits per heavy atom. The molecule has 0 fully saturated rings. The SMILES string of the molecule is Cc1cc(C=C(Br)Br)cc(C)c1Nc1ccnc(Nc2ccc(C#N)cc2)n1. The van der Waals surface area contributed by atoms with Crippen LogP contribution in [0.2, 0.25) is 0 Å². The molecule has 0 amide bonds. The first-order valence-electron chi connectivity index (χ1n) is 8.46. The molecule has 140 valence electrons. The number of hydrogen-bond acceptors (Lipinski definition) is 5. The molecule has 5 nitrogen and oxygen atoms in total. The van der Waals surface area contributed by atoms with Gasteiger partial charge in [0.15, 0.2) is 0 Å². The average Bonchev–Trinajstić information content (AvgIpc) is 2.65. The van der Waals surface area contributed by atoms with Crippen LogP contribution in [0, 0.1) is 25.2 Å². The van der Waals surface area contributed by atoms with Crippen molar-refractivity contribution in [2.75, 3.05) is 10.6 Å². The van der Waals surface area contributed by atoms with Crippen LogP contribution in [0.15, 0.2) is 52.1 Å². The van der Waals surface area contributed by atoms with E-state index in [0.717, 1.165) is 31.5 Å². The lowest BCUT2D eigenvalue weighted by molar-refractivity contribution is 1.16. The minimum Gasteiger partial charge on any atom is -0.340 e. The molecule has 28 heavy (non-hydrogen) atoms. The van der Waals surface area contributed by atoms with E-state index in [1.165, 1.54) is 0 Å². The fourth-order valence-electron chi connectivity index (χ4n) is 2.78. The first-order chi connectivity index (χ1) is 13.4. The number of nitrogens with zero attached hydrogens (tertiary/aromatic N) is 3. The highest BCUT2D eigenvalue weighted by Crippen LogP contribution is 2.28. The molecule has 0 aliphatic heterocycles. The molecular weight excluding hydrogens is 482 g/mol. The predicted octanol–water partition coefficient (Wildman–Crippen LogP) is 6.54. The van der Waals surface area contributed by atoms with Crippen LogP contribution in [0.25, 0.3) is 6.08 Å². The first kappa shape index (κ1) is 20.1. The summed E-state index contributed by atoms with van der Waals surface area (Å²) in [7, 11) is 0. The monoisotopic (exact) mass is 497 g/mol. The third-order valence-corrected chi connectivity index (χ3v) is 4.47. The van der Waals surface area contributed by atoms with Crippen LogP contribution in [0.5, 0.6) is 0 Å². The molecule has 0 radical (unpaired) electrons. The van der Waals surface area contributed by atoms with Crippen LogP contribution in [0.4, 0.5) is 23.1 Å². The number of anilines is 4. The Morgan fingerprint density at radius 2 is 1.71 bits per heavy atom. The van der Waals surface area contributed by atoms with E-state index >= 15 is 0 Å². The van der Waals surface area contributed by atoms with E-state index < -0.39 is 0 Å². The molecule has 0 saturated heterocycles. The molecule has 0 bridgehead atoms. The molecule has 3 rings (SSSR count). The van der Waals surface area contributed by atoms with Gasteiger partial charge in [-0.25, -0.2) is 4.98 Å². The van der Waals surface area contributed by atoms with Crippen molar-refractivity contribution in [1.29, 1.82) is 5.26 Å². The highest BCUT2D eigenvalue weighted by Gasteiger charge is 2.07. The fraction of sp³-hybridized carbons (Fsp3) is 0.0952. The highest BCUT2D eigenvalue weighted by molar-refractivity contribution is 9.28. The Bertz CT molecular complexity index is 1040. The highest BCUT2D eigenvalue weighted by atomic mass is 79.9. The lowest BCUT2D eigenvalue weighted by atomic mass is 10.0. The van der Waals surface area contributed by atoms with Gasteiger partial charge in [-0.1, -0.05) is 0 Å². The summed E-state index contributed by atoms with van der Waals surface area (Å²) >= 11 is 6.80. The summed E-state index contributed by atoms with van der Waals surface area (Å²) in [6.45, 7) is 4.12. The maximum atomic E-state index is 8.89. The Morgan fingerprint density at radius 3 is 2.32 bits per heavy atom. The average molecular weight is 499 g/mol. The molecule has 1 aromatic heterocycles. The van der Waals surface area contributed by atoms with E-state index in [-0.39, 0.29) is 0 Å². The topological polar surface area (TPSA) is 73.6 Å². The van der Waals surface area contributed by atoms with Crippen LogP contribution >= 0.6 is 31.9 Å². The maximum absolute atomic E-state index is 8.89. The molecule has 3 aromatic rings. The maximum Gasteiger partial charge on any atom is 0.229 e. The number of hydrogen-bond donors (Lipinski definition) is 2. The Labute approximate surface area is 180 Å². The lowest BCUT2D eigenvalue weighted by Crippen LogP contribution is -2.02. The summed E-state index contributed by atoms with van der Waals surface area (Å²) in [5, 5.41) is 15.4. The van der Waals surface area contributed by atoms with Gasteiger partial charge in [0.25, 0.3) is 0 Å². The molecule has 0 atom stereocenters. The molecule has 0 aliphatic rings. The van der Waals surface area contributed by atoms with Gasteiger partial charge < -0.3 is 10.6 Å². The van der Waals surface area contributed by atoms with Crippen molar-refractivity contribution >= 4 is 61.1 Å². The molecule has 0 unspecified atom stereocenters. The smallest absolute Gasteiger partial charge is 0.229 e. The number of nitrogens with one attached hydrogen (secondary N) is 2. The van der Waals surface area contributed by atoms with Crippen LogP contribution in [0.1, 0.15) is 22.3 Å². The van der Waals surface area contributed by atoms with Crippen molar-refractivity contribution in [2.45, 2.75) is 13.8 Å².